The number of carbonyl (C=O) groups excluding carboxylic acids is 2. The Bertz CT molecular complexity index is 646. The average molecular weight is 272 g/mol. The van der Waals surface area contributed by atoms with Gasteiger partial charge in [-0.05, 0) is 42.0 Å². The van der Waals surface area contributed by atoms with Crippen molar-refractivity contribution in [3.63, 3.8) is 0 Å². The molecule has 0 bridgehead atoms. The molecule has 0 aliphatic rings. The molecule has 2 aromatic rings. The van der Waals surface area contributed by atoms with E-state index in [2.05, 4.69) is 0 Å². The fourth-order valence-electron chi connectivity index (χ4n) is 1.85. The molecule has 0 amide bonds. The van der Waals surface area contributed by atoms with Crippen molar-refractivity contribution in [1.29, 1.82) is 0 Å². The molecule has 2 aromatic carbocycles. The van der Waals surface area contributed by atoms with Crippen LogP contribution in [0.3, 0.4) is 0 Å². The second-order valence-corrected chi connectivity index (χ2v) is 4.55. The van der Waals surface area contributed by atoms with Crippen LogP contribution in [-0.4, -0.2) is 18.9 Å². The van der Waals surface area contributed by atoms with Crippen molar-refractivity contribution in [2.75, 3.05) is 7.11 Å². The first-order valence-corrected chi connectivity index (χ1v) is 6.36. The van der Waals surface area contributed by atoms with E-state index in [0.29, 0.717) is 5.75 Å². The maximum absolute atomic E-state index is 11.6. The van der Waals surface area contributed by atoms with Crippen LogP contribution in [0.15, 0.2) is 36.4 Å². The number of fused-ring (bicyclic) bond motifs is 1. The third kappa shape index (κ3) is 3.57. The van der Waals surface area contributed by atoms with Crippen molar-refractivity contribution >= 4 is 22.5 Å². The fourth-order valence-corrected chi connectivity index (χ4v) is 1.85. The van der Waals surface area contributed by atoms with Gasteiger partial charge < -0.3 is 14.3 Å². The first kappa shape index (κ1) is 14.1. The molecule has 4 nitrogen and oxygen atoms in total. The molecule has 4 heteroatoms. The van der Waals surface area contributed by atoms with Crippen LogP contribution < -0.4 is 9.47 Å². The number of methoxy groups -OCH3 is 1. The number of benzene rings is 2. The summed E-state index contributed by atoms with van der Waals surface area (Å²) in [6.07, 6.45) is 0.319. The van der Waals surface area contributed by atoms with E-state index in [0.717, 1.165) is 16.5 Å². The summed E-state index contributed by atoms with van der Waals surface area (Å²) in [6, 6.07) is 11.1. The fraction of sp³-hybridized carbons (Fsp3) is 0.250. The lowest BCUT2D eigenvalue weighted by Gasteiger charge is -2.06. The summed E-state index contributed by atoms with van der Waals surface area (Å²) in [6.45, 7) is 1.46. The SMILES string of the molecule is COc1ccc2cc(OC(=O)CCC(C)=O)ccc2c1. The number of ketones is 1. The van der Waals surface area contributed by atoms with E-state index >= 15 is 0 Å². The van der Waals surface area contributed by atoms with Gasteiger partial charge >= 0.3 is 5.97 Å². The zero-order valence-electron chi connectivity index (χ0n) is 11.5. The molecule has 0 aliphatic heterocycles. The van der Waals surface area contributed by atoms with Crippen molar-refractivity contribution in [3.8, 4) is 11.5 Å². The largest absolute Gasteiger partial charge is 0.497 e. The summed E-state index contributed by atoms with van der Waals surface area (Å²) in [4.78, 5) is 22.4. The maximum atomic E-state index is 11.6. The normalized spacial score (nSPS) is 10.3. The minimum absolute atomic E-state index is 0.0208. The molecule has 0 atom stereocenters. The Balaban J connectivity index is 2.11. The van der Waals surface area contributed by atoms with Gasteiger partial charge in [-0.3, -0.25) is 4.79 Å². The predicted molar refractivity (Wildman–Crippen MR) is 76.1 cm³/mol. The first-order valence-electron chi connectivity index (χ1n) is 6.36. The number of esters is 1. The molecule has 20 heavy (non-hydrogen) atoms. The molecule has 0 unspecified atom stereocenters. The second-order valence-electron chi connectivity index (χ2n) is 4.55. The van der Waals surface area contributed by atoms with E-state index in [1.807, 2.05) is 24.3 Å². The highest BCUT2D eigenvalue weighted by molar-refractivity contribution is 5.86. The Labute approximate surface area is 117 Å². The van der Waals surface area contributed by atoms with Crippen LogP contribution >= 0.6 is 0 Å². The maximum Gasteiger partial charge on any atom is 0.311 e. The topological polar surface area (TPSA) is 52.6 Å². The average Bonchev–Trinajstić information content (AvgIpc) is 2.44. The van der Waals surface area contributed by atoms with E-state index in [9.17, 15) is 9.59 Å². The first-order chi connectivity index (χ1) is 9.58. The van der Waals surface area contributed by atoms with Crippen molar-refractivity contribution in [2.45, 2.75) is 19.8 Å². The molecule has 104 valence electrons. The van der Waals surface area contributed by atoms with E-state index in [4.69, 9.17) is 9.47 Å². The van der Waals surface area contributed by atoms with Gasteiger partial charge in [0.05, 0.1) is 13.5 Å². The zero-order chi connectivity index (χ0) is 14.5. The lowest BCUT2D eigenvalue weighted by atomic mass is 10.1. The monoisotopic (exact) mass is 272 g/mol. The van der Waals surface area contributed by atoms with Crippen LogP contribution in [0.25, 0.3) is 10.8 Å². The number of carbonyl (C=O) groups is 2. The van der Waals surface area contributed by atoms with Crippen LogP contribution in [0.1, 0.15) is 19.8 Å². The standard InChI is InChI=1S/C16H16O4/c1-11(17)3-8-16(18)20-15-7-5-12-9-14(19-2)6-4-13(12)10-15/h4-7,9-10H,3,8H2,1-2H3. The second kappa shape index (κ2) is 6.19. The summed E-state index contributed by atoms with van der Waals surface area (Å²) in [5.41, 5.74) is 0. The molecule has 0 N–H and O–H groups in total. The quantitative estimate of drug-likeness (QED) is 0.620. The molecule has 0 radical (unpaired) electrons. The minimum atomic E-state index is -0.395. The van der Waals surface area contributed by atoms with Gasteiger partial charge in [0.2, 0.25) is 0 Å². The molecule has 0 aliphatic carbocycles. The van der Waals surface area contributed by atoms with Gasteiger partial charge in [-0.15, -0.1) is 0 Å². The number of ether oxygens (including phenoxy) is 2. The molecule has 0 saturated carbocycles. The number of Topliss-reactive ketones (excluding diaryl/α,β-unsaturated/α-hetero) is 1. The summed E-state index contributed by atoms with van der Waals surface area (Å²) in [5.74, 6) is 0.848. The van der Waals surface area contributed by atoms with Gasteiger partial charge in [-0.1, -0.05) is 12.1 Å². The molecule has 0 fully saturated rings. The van der Waals surface area contributed by atoms with Gasteiger partial charge in [-0.2, -0.15) is 0 Å². The highest BCUT2D eigenvalue weighted by atomic mass is 16.5. The van der Waals surface area contributed by atoms with E-state index < -0.39 is 5.97 Å². The zero-order valence-corrected chi connectivity index (χ0v) is 11.5. The van der Waals surface area contributed by atoms with Gasteiger partial charge in [0.15, 0.2) is 0 Å². The third-order valence-corrected chi connectivity index (χ3v) is 2.93. The van der Waals surface area contributed by atoms with Gasteiger partial charge in [0.1, 0.15) is 17.3 Å². The van der Waals surface area contributed by atoms with Crippen LogP contribution in [0.4, 0.5) is 0 Å². The van der Waals surface area contributed by atoms with Gasteiger partial charge in [0.25, 0.3) is 0 Å². The molecule has 0 spiro atoms. The Morgan fingerprint density at radius 1 is 0.950 bits per heavy atom. The third-order valence-electron chi connectivity index (χ3n) is 2.93. The van der Waals surface area contributed by atoms with E-state index in [-0.39, 0.29) is 18.6 Å². The van der Waals surface area contributed by atoms with E-state index in [1.165, 1.54) is 6.92 Å². The Kier molecular flexibility index (Phi) is 4.35. The highest BCUT2D eigenvalue weighted by Gasteiger charge is 2.07. The number of hydrogen-bond donors (Lipinski definition) is 0. The summed E-state index contributed by atoms with van der Waals surface area (Å²) in [7, 11) is 1.62. The lowest BCUT2D eigenvalue weighted by molar-refractivity contribution is -0.135. The summed E-state index contributed by atoms with van der Waals surface area (Å²) < 4.78 is 10.4. The van der Waals surface area contributed by atoms with Crippen LogP contribution in [-0.2, 0) is 9.59 Å². The Hall–Kier alpha value is -2.36. The molecule has 2 rings (SSSR count). The molecule has 0 saturated heterocycles. The molecular formula is C16H16O4. The lowest BCUT2D eigenvalue weighted by Crippen LogP contribution is -2.09. The number of rotatable bonds is 5. The predicted octanol–water partition coefficient (Wildman–Crippen LogP) is 3.12. The smallest absolute Gasteiger partial charge is 0.311 e. The van der Waals surface area contributed by atoms with Crippen molar-refractivity contribution in [3.05, 3.63) is 36.4 Å². The van der Waals surface area contributed by atoms with Crippen LogP contribution in [0.5, 0.6) is 11.5 Å². The van der Waals surface area contributed by atoms with Crippen molar-refractivity contribution in [2.24, 2.45) is 0 Å². The molecular weight excluding hydrogens is 256 g/mol. The van der Waals surface area contributed by atoms with Gasteiger partial charge in [-0.25, -0.2) is 0 Å². The summed E-state index contributed by atoms with van der Waals surface area (Å²) in [5, 5.41) is 1.97. The van der Waals surface area contributed by atoms with Gasteiger partial charge in [0, 0.05) is 6.42 Å². The van der Waals surface area contributed by atoms with E-state index in [1.54, 1.807) is 19.2 Å². The van der Waals surface area contributed by atoms with Crippen LogP contribution in [0, 0.1) is 0 Å². The molecule has 0 aromatic heterocycles. The van der Waals surface area contributed by atoms with Crippen molar-refractivity contribution < 1.29 is 19.1 Å². The van der Waals surface area contributed by atoms with Crippen LogP contribution in [0.2, 0.25) is 0 Å². The Morgan fingerprint density at radius 2 is 1.55 bits per heavy atom. The highest BCUT2D eigenvalue weighted by Crippen LogP contribution is 2.25. The summed E-state index contributed by atoms with van der Waals surface area (Å²) >= 11 is 0. The Morgan fingerprint density at radius 3 is 2.15 bits per heavy atom. The molecule has 0 heterocycles. The minimum Gasteiger partial charge on any atom is -0.497 e. The van der Waals surface area contributed by atoms with Crippen molar-refractivity contribution in [1.82, 2.24) is 0 Å². The number of hydrogen-bond acceptors (Lipinski definition) is 4.